The summed E-state index contributed by atoms with van der Waals surface area (Å²) in [6.07, 6.45) is 1.55. The van der Waals surface area contributed by atoms with Crippen molar-refractivity contribution in [1.82, 2.24) is 4.31 Å². The van der Waals surface area contributed by atoms with Gasteiger partial charge in [0, 0.05) is 19.1 Å². The maximum Gasteiger partial charge on any atom is 0.244 e. The molecule has 0 aromatic heterocycles. The van der Waals surface area contributed by atoms with E-state index < -0.39 is 10.0 Å². The SMILES string of the molecule is N#Cc1ccc(Cl)c(S(=O)(=O)N2CCCC(N)C2)c1. The predicted molar refractivity (Wildman–Crippen MR) is 72.1 cm³/mol. The van der Waals surface area contributed by atoms with Crippen LogP contribution in [-0.2, 0) is 10.0 Å². The van der Waals surface area contributed by atoms with Crippen molar-refractivity contribution >= 4 is 21.6 Å². The Morgan fingerprint density at radius 3 is 2.84 bits per heavy atom. The largest absolute Gasteiger partial charge is 0.327 e. The number of nitriles is 1. The molecule has 1 aliphatic heterocycles. The lowest BCUT2D eigenvalue weighted by Crippen LogP contribution is -2.45. The lowest BCUT2D eigenvalue weighted by Gasteiger charge is -2.30. The zero-order valence-electron chi connectivity index (χ0n) is 10.2. The number of halogens is 1. The molecule has 0 radical (unpaired) electrons. The van der Waals surface area contributed by atoms with Crippen molar-refractivity contribution in [3.8, 4) is 6.07 Å². The summed E-state index contributed by atoms with van der Waals surface area (Å²) < 4.78 is 26.3. The number of piperidine rings is 1. The lowest BCUT2D eigenvalue weighted by atomic mass is 10.1. The zero-order valence-corrected chi connectivity index (χ0v) is 11.8. The maximum absolute atomic E-state index is 12.5. The third-order valence-electron chi connectivity index (χ3n) is 3.10. The highest BCUT2D eigenvalue weighted by Gasteiger charge is 2.30. The van der Waals surface area contributed by atoms with Gasteiger partial charge in [-0.15, -0.1) is 0 Å². The van der Waals surface area contributed by atoms with E-state index in [9.17, 15) is 8.42 Å². The molecule has 0 amide bonds. The summed E-state index contributed by atoms with van der Waals surface area (Å²) in [4.78, 5) is -0.0256. The molecule has 1 saturated heterocycles. The molecule has 1 atom stereocenters. The minimum absolute atomic E-state index is 0.0256. The molecule has 0 saturated carbocycles. The summed E-state index contributed by atoms with van der Waals surface area (Å²) in [6, 6.07) is 5.98. The van der Waals surface area contributed by atoms with Gasteiger partial charge in [-0.2, -0.15) is 9.57 Å². The van der Waals surface area contributed by atoms with E-state index in [0.29, 0.717) is 6.54 Å². The van der Waals surface area contributed by atoms with Gasteiger partial charge in [0.1, 0.15) is 4.90 Å². The van der Waals surface area contributed by atoms with E-state index in [1.807, 2.05) is 6.07 Å². The average molecular weight is 300 g/mol. The summed E-state index contributed by atoms with van der Waals surface area (Å²) in [5, 5.41) is 8.97. The number of benzene rings is 1. The standard InChI is InChI=1S/C12H14ClN3O2S/c13-11-4-3-9(7-14)6-12(11)19(17,18)16-5-1-2-10(15)8-16/h3-4,6,10H,1-2,5,8,15H2. The van der Waals surface area contributed by atoms with Crippen molar-refractivity contribution < 1.29 is 8.42 Å². The number of hydrogen-bond donors (Lipinski definition) is 1. The first-order valence-corrected chi connectivity index (χ1v) is 7.72. The minimum atomic E-state index is -3.69. The van der Waals surface area contributed by atoms with E-state index in [1.165, 1.54) is 22.5 Å². The van der Waals surface area contributed by atoms with Gasteiger partial charge >= 0.3 is 0 Å². The van der Waals surface area contributed by atoms with Crippen LogP contribution in [0.3, 0.4) is 0 Å². The van der Waals surface area contributed by atoms with E-state index in [2.05, 4.69) is 0 Å². The topological polar surface area (TPSA) is 87.2 Å². The highest BCUT2D eigenvalue weighted by atomic mass is 35.5. The molecule has 1 heterocycles. The first-order chi connectivity index (χ1) is 8.95. The molecule has 5 nitrogen and oxygen atoms in total. The molecule has 0 bridgehead atoms. The van der Waals surface area contributed by atoms with Gasteiger partial charge in [-0.1, -0.05) is 11.6 Å². The van der Waals surface area contributed by atoms with E-state index in [-0.39, 0.29) is 28.1 Å². The average Bonchev–Trinajstić information content (AvgIpc) is 2.39. The van der Waals surface area contributed by atoms with Crippen LogP contribution in [0, 0.1) is 11.3 Å². The highest BCUT2D eigenvalue weighted by molar-refractivity contribution is 7.89. The van der Waals surface area contributed by atoms with Gasteiger partial charge in [-0.05, 0) is 31.0 Å². The van der Waals surface area contributed by atoms with Gasteiger partial charge < -0.3 is 5.73 Å². The molecule has 1 unspecified atom stereocenters. The molecule has 0 aliphatic carbocycles. The van der Waals surface area contributed by atoms with Crippen LogP contribution in [-0.4, -0.2) is 31.9 Å². The molecular formula is C12H14ClN3O2S. The quantitative estimate of drug-likeness (QED) is 0.892. The van der Waals surface area contributed by atoms with Crippen molar-refractivity contribution in [1.29, 1.82) is 5.26 Å². The fraction of sp³-hybridized carbons (Fsp3) is 0.417. The summed E-state index contributed by atoms with van der Waals surface area (Å²) in [5.74, 6) is 0. The lowest BCUT2D eigenvalue weighted by molar-refractivity contribution is 0.316. The van der Waals surface area contributed by atoms with Gasteiger partial charge in [0.25, 0.3) is 0 Å². The summed E-state index contributed by atoms with van der Waals surface area (Å²) in [7, 11) is -3.69. The van der Waals surface area contributed by atoms with Gasteiger partial charge in [0.15, 0.2) is 0 Å². The monoisotopic (exact) mass is 299 g/mol. The van der Waals surface area contributed by atoms with Crippen LogP contribution in [0.2, 0.25) is 5.02 Å². The van der Waals surface area contributed by atoms with Gasteiger partial charge in [0.2, 0.25) is 10.0 Å². The Morgan fingerprint density at radius 2 is 2.21 bits per heavy atom. The third-order valence-corrected chi connectivity index (χ3v) is 5.45. The second kappa shape index (κ2) is 5.47. The number of nitrogens with zero attached hydrogens (tertiary/aromatic N) is 2. The Labute approximate surface area is 117 Å². The molecule has 0 spiro atoms. The van der Waals surface area contributed by atoms with Crippen LogP contribution >= 0.6 is 11.6 Å². The molecule has 1 fully saturated rings. The molecule has 1 aliphatic rings. The van der Waals surface area contributed by atoms with Crippen LogP contribution in [0.15, 0.2) is 23.1 Å². The Kier molecular flexibility index (Phi) is 4.11. The molecule has 1 aromatic rings. The fourth-order valence-corrected chi connectivity index (χ4v) is 4.14. The molecule has 2 N–H and O–H groups in total. The third kappa shape index (κ3) is 2.90. The molecule has 1 aromatic carbocycles. The Hall–Kier alpha value is -1.13. The first-order valence-electron chi connectivity index (χ1n) is 5.90. The van der Waals surface area contributed by atoms with Crippen LogP contribution in [0.1, 0.15) is 18.4 Å². The zero-order chi connectivity index (χ0) is 14.0. The van der Waals surface area contributed by atoms with E-state index in [1.54, 1.807) is 0 Å². The molecule has 7 heteroatoms. The summed E-state index contributed by atoms with van der Waals surface area (Å²) in [6.45, 7) is 0.721. The van der Waals surface area contributed by atoms with Gasteiger partial charge in [0.05, 0.1) is 16.7 Å². The van der Waals surface area contributed by atoms with Gasteiger partial charge in [-0.3, -0.25) is 0 Å². The number of hydrogen-bond acceptors (Lipinski definition) is 4. The summed E-state index contributed by atoms with van der Waals surface area (Å²) in [5.41, 5.74) is 6.07. The van der Waals surface area contributed by atoms with Crippen LogP contribution in [0.4, 0.5) is 0 Å². The van der Waals surface area contributed by atoms with E-state index >= 15 is 0 Å². The summed E-state index contributed by atoms with van der Waals surface area (Å²) >= 11 is 5.95. The Morgan fingerprint density at radius 1 is 1.47 bits per heavy atom. The van der Waals surface area contributed by atoms with Crippen molar-refractivity contribution in [3.63, 3.8) is 0 Å². The maximum atomic E-state index is 12.5. The second-order valence-corrected chi connectivity index (χ2v) is 6.84. The Balaban J connectivity index is 2.42. The van der Waals surface area contributed by atoms with Crippen molar-refractivity contribution in [3.05, 3.63) is 28.8 Å². The van der Waals surface area contributed by atoms with Crippen LogP contribution in [0.25, 0.3) is 0 Å². The van der Waals surface area contributed by atoms with Crippen LogP contribution < -0.4 is 5.73 Å². The first kappa shape index (κ1) is 14.3. The molecular weight excluding hydrogens is 286 g/mol. The van der Waals surface area contributed by atoms with Crippen molar-refractivity contribution in [2.45, 2.75) is 23.8 Å². The predicted octanol–water partition coefficient (Wildman–Crippen LogP) is 1.32. The van der Waals surface area contributed by atoms with Crippen LogP contribution in [0.5, 0.6) is 0 Å². The number of sulfonamides is 1. The van der Waals surface area contributed by atoms with Crippen molar-refractivity contribution in [2.75, 3.05) is 13.1 Å². The molecule has 102 valence electrons. The second-order valence-electron chi connectivity index (χ2n) is 4.52. The molecule has 2 rings (SSSR count). The molecule has 19 heavy (non-hydrogen) atoms. The van der Waals surface area contributed by atoms with E-state index in [0.717, 1.165) is 12.8 Å². The van der Waals surface area contributed by atoms with Crippen molar-refractivity contribution in [2.24, 2.45) is 5.73 Å². The number of rotatable bonds is 2. The van der Waals surface area contributed by atoms with Gasteiger partial charge in [-0.25, -0.2) is 8.42 Å². The minimum Gasteiger partial charge on any atom is -0.327 e. The smallest absolute Gasteiger partial charge is 0.244 e. The number of nitrogens with two attached hydrogens (primary N) is 1. The Bertz CT molecular complexity index is 624. The fourth-order valence-electron chi connectivity index (χ4n) is 2.10. The van der Waals surface area contributed by atoms with E-state index in [4.69, 9.17) is 22.6 Å². The normalized spacial score (nSPS) is 21.0. The highest BCUT2D eigenvalue weighted by Crippen LogP contribution is 2.27.